The van der Waals surface area contributed by atoms with Crippen molar-refractivity contribution in [3.8, 4) is 0 Å². The van der Waals surface area contributed by atoms with Crippen molar-refractivity contribution in [3.05, 3.63) is 41.7 Å². The van der Waals surface area contributed by atoms with Gasteiger partial charge in [-0.1, -0.05) is 23.9 Å². The fourth-order valence-corrected chi connectivity index (χ4v) is 3.77. The topological polar surface area (TPSA) is 49.3 Å². The molecule has 0 aliphatic carbocycles. The molecular formula is C18H22N4OS. The third kappa shape index (κ3) is 3.70. The van der Waals surface area contributed by atoms with Crippen LogP contribution < -0.4 is 9.80 Å². The first-order valence-corrected chi connectivity index (χ1v) is 9.09. The van der Waals surface area contributed by atoms with Crippen LogP contribution in [0.1, 0.15) is 17.8 Å². The first-order valence-electron chi connectivity index (χ1n) is 8.10. The summed E-state index contributed by atoms with van der Waals surface area (Å²) in [6.45, 7) is 5.59. The van der Waals surface area contributed by atoms with Gasteiger partial charge in [0.05, 0.1) is 17.1 Å². The van der Waals surface area contributed by atoms with E-state index in [0.29, 0.717) is 10.9 Å². The van der Waals surface area contributed by atoms with Crippen LogP contribution in [0.2, 0.25) is 0 Å². The second-order valence-corrected chi connectivity index (χ2v) is 6.97. The van der Waals surface area contributed by atoms with Crippen LogP contribution in [-0.4, -0.2) is 41.8 Å². The molecular weight excluding hydrogens is 320 g/mol. The standard InChI is InChI=1S/C18H22N4OS/c1-13-11-14(2)20-18(19-13)24-12-17(23)22-10-6-9-21(3)15-7-4-5-8-16(15)22/h4-5,7-8,11H,6,9-10,12H2,1-3H3. The highest BCUT2D eigenvalue weighted by Gasteiger charge is 2.23. The number of hydrogen-bond acceptors (Lipinski definition) is 5. The molecule has 1 aliphatic rings. The smallest absolute Gasteiger partial charge is 0.237 e. The number of aryl methyl sites for hydroxylation is 2. The number of carbonyl (C=O) groups is 1. The Morgan fingerprint density at radius 2 is 1.79 bits per heavy atom. The summed E-state index contributed by atoms with van der Waals surface area (Å²) in [5.74, 6) is 0.450. The number of hydrogen-bond donors (Lipinski definition) is 0. The average Bonchev–Trinajstić information content (AvgIpc) is 2.71. The van der Waals surface area contributed by atoms with Gasteiger partial charge in [-0.25, -0.2) is 9.97 Å². The van der Waals surface area contributed by atoms with E-state index < -0.39 is 0 Å². The SMILES string of the molecule is Cc1cc(C)nc(SCC(=O)N2CCCN(C)c3ccccc32)n1. The highest BCUT2D eigenvalue weighted by Crippen LogP contribution is 2.31. The van der Waals surface area contributed by atoms with Crippen LogP contribution in [0, 0.1) is 13.8 Å². The molecule has 0 radical (unpaired) electrons. The van der Waals surface area contributed by atoms with E-state index in [1.807, 2.05) is 43.0 Å². The monoisotopic (exact) mass is 342 g/mol. The summed E-state index contributed by atoms with van der Waals surface area (Å²) in [5, 5.41) is 0.668. The van der Waals surface area contributed by atoms with Gasteiger partial charge in [0, 0.05) is 31.5 Å². The second kappa shape index (κ2) is 7.21. The molecule has 0 spiro atoms. The Bertz CT molecular complexity index is 729. The molecule has 2 heterocycles. The minimum atomic E-state index is 0.102. The number of benzene rings is 1. The summed E-state index contributed by atoms with van der Waals surface area (Å²) in [6, 6.07) is 10.0. The molecule has 0 fully saturated rings. The summed E-state index contributed by atoms with van der Waals surface area (Å²) in [4.78, 5) is 25.7. The molecule has 6 heteroatoms. The van der Waals surface area contributed by atoms with Gasteiger partial charge >= 0.3 is 0 Å². The molecule has 0 saturated heterocycles. The lowest BCUT2D eigenvalue weighted by atomic mass is 10.2. The van der Waals surface area contributed by atoms with Crippen LogP contribution in [0.4, 0.5) is 11.4 Å². The van der Waals surface area contributed by atoms with Crippen LogP contribution in [0.3, 0.4) is 0 Å². The van der Waals surface area contributed by atoms with Gasteiger partial charge in [-0.3, -0.25) is 4.79 Å². The predicted molar refractivity (Wildman–Crippen MR) is 98.9 cm³/mol. The number of nitrogens with zero attached hydrogens (tertiary/aromatic N) is 4. The molecule has 0 N–H and O–H groups in total. The maximum atomic E-state index is 12.8. The van der Waals surface area contributed by atoms with Gasteiger partial charge in [0.2, 0.25) is 5.91 Å². The van der Waals surface area contributed by atoms with Crippen molar-refractivity contribution >= 4 is 29.0 Å². The van der Waals surface area contributed by atoms with E-state index in [1.165, 1.54) is 11.8 Å². The minimum absolute atomic E-state index is 0.102. The maximum Gasteiger partial charge on any atom is 0.237 e. The minimum Gasteiger partial charge on any atom is -0.373 e. The van der Waals surface area contributed by atoms with Crippen LogP contribution in [0.15, 0.2) is 35.5 Å². The Balaban J connectivity index is 1.76. The van der Waals surface area contributed by atoms with Crippen molar-refractivity contribution in [1.29, 1.82) is 0 Å². The van der Waals surface area contributed by atoms with Crippen molar-refractivity contribution in [2.45, 2.75) is 25.4 Å². The second-order valence-electron chi connectivity index (χ2n) is 6.03. The Kier molecular flexibility index (Phi) is 5.04. The largest absolute Gasteiger partial charge is 0.373 e. The van der Waals surface area contributed by atoms with Crippen molar-refractivity contribution in [1.82, 2.24) is 9.97 Å². The van der Waals surface area contributed by atoms with Crippen molar-refractivity contribution < 1.29 is 4.79 Å². The van der Waals surface area contributed by atoms with Gasteiger partial charge < -0.3 is 9.80 Å². The third-order valence-corrected chi connectivity index (χ3v) is 4.88. The summed E-state index contributed by atoms with van der Waals surface area (Å²) in [7, 11) is 2.07. The summed E-state index contributed by atoms with van der Waals surface area (Å²) in [6.07, 6.45) is 0.960. The van der Waals surface area contributed by atoms with E-state index in [1.54, 1.807) is 0 Å². The molecule has 0 saturated carbocycles. The predicted octanol–water partition coefficient (Wildman–Crippen LogP) is 3.06. The molecule has 1 aromatic carbocycles. The van der Waals surface area contributed by atoms with E-state index in [4.69, 9.17) is 0 Å². The molecule has 1 aliphatic heterocycles. The van der Waals surface area contributed by atoms with Gasteiger partial charge in [-0.15, -0.1) is 0 Å². The van der Waals surface area contributed by atoms with E-state index in [9.17, 15) is 4.79 Å². The highest BCUT2D eigenvalue weighted by atomic mass is 32.2. The number of amides is 1. The number of carbonyl (C=O) groups excluding carboxylic acids is 1. The van der Waals surface area contributed by atoms with E-state index >= 15 is 0 Å². The fourth-order valence-electron chi connectivity index (χ4n) is 2.94. The quantitative estimate of drug-likeness (QED) is 0.634. The molecule has 0 unspecified atom stereocenters. The molecule has 2 aromatic rings. The number of rotatable bonds is 3. The summed E-state index contributed by atoms with van der Waals surface area (Å²) >= 11 is 1.41. The Labute approximate surface area is 147 Å². The molecule has 3 rings (SSSR count). The lowest BCUT2D eigenvalue weighted by Crippen LogP contribution is -2.33. The van der Waals surface area contributed by atoms with E-state index in [-0.39, 0.29) is 5.91 Å². The fraction of sp³-hybridized carbons (Fsp3) is 0.389. The van der Waals surface area contributed by atoms with E-state index in [2.05, 4.69) is 28.0 Å². The molecule has 1 amide bonds. The summed E-state index contributed by atoms with van der Waals surface area (Å²) in [5.41, 5.74) is 3.96. The zero-order valence-electron chi connectivity index (χ0n) is 14.3. The number of para-hydroxylation sites is 2. The number of anilines is 2. The first kappa shape index (κ1) is 16.8. The zero-order chi connectivity index (χ0) is 17.1. The van der Waals surface area contributed by atoms with Gasteiger partial charge in [0.1, 0.15) is 0 Å². The highest BCUT2D eigenvalue weighted by molar-refractivity contribution is 7.99. The van der Waals surface area contributed by atoms with Crippen molar-refractivity contribution in [2.24, 2.45) is 0 Å². The number of aromatic nitrogens is 2. The Morgan fingerprint density at radius 3 is 2.50 bits per heavy atom. The normalized spacial score (nSPS) is 14.3. The molecule has 24 heavy (non-hydrogen) atoms. The Morgan fingerprint density at radius 1 is 1.12 bits per heavy atom. The average molecular weight is 342 g/mol. The van der Waals surface area contributed by atoms with Gasteiger partial charge in [0.25, 0.3) is 0 Å². The maximum absolute atomic E-state index is 12.8. The molecule has 0 bridgehead atoms. The zero-order valence-corrected chi connectivity index (χ0v) is 15.1. The van der Waals surface area contributed by atoms with Gasteiger partial charge in [-0.05, 0) is 38.5 Å². The Hall–Kier alpha value is -2.08. The van der Waals surface area contributed by atoms with Crippen LogP contribution in [0.25, 0.3) is 0 Å². The molecule has 1 aromatic heterocycles. The van der Waals surface area contributed by atoms with Gasteiger partial charge in [-0.2, -0.15) is 0 Å². The van der Waals surface area contributed by atoms with Crippen LogP contribution in [-0.2, 0) is 4.79 Å². The lowest BCUT2D eigenvalue weighted by Gasteiger charge is -2.24. The van der Waals surface area contributed by atoms with Crippen molar-refractivity contribution in [3.63, 3.8) is 0 Å². The molecule has 5 nitrogen and oxygen atoms in total. The van der Waals surface area contributed by atoms with Gasteiger partial charge in [0.15, 0.2) is 5.16 Å². The third-order valence-electron chi connectivity index (χ3n) is 4.05. The van der Waals surface area contributed by atoms with E-state index in [0.717, 1.165) is 42.3 Å². The lowest BCUT2D eigenvalue weighted by molar-refractivity contribution is -0.116. The summed E-state index contributed by atoms with van der Waals surface area (Å²) < 4.78 is 0. The van der Waals surface area contributed by atoms with Crippen molar-refractivity contribution in [2.75, 3.05) is 35.7 Å². The van der Waals surface area contributed by atoms with Crippen LogP contribution in [0.5, 0.6) is 0 Å². The number of fused-ring (bicyclic) bond motifs is 1. The first-order chi connectivity index (χ1) is 11.5. The molecule has 126 valence electrons. The number of thioether (sulfide) groups is 1. The molecule has 0 atom stereocenters. The van der Waals surface area contributed by atoms with Crippen LogP contribution >= 0.6 is 11.8 Å².